The van der Waals surface area contributed by atoms with Crippen LogP contribution in [-0.4, -0.2) is 227 Å². The Morgan fingerprint density at radius 3 is 0.843 bits per heavy atom. The van der Waals surface area contributed by atoms with Crippen molar-refractivity contribution >= 4 is 93.7 Å². The summed E-state index contributed by atoms with van der Waals surface area (Å²) in [6, 6.07) is 26.7. The number of nitrogens with one attached hydrogen (secondary N) is 4. The average molecular weight is 1870 g/mol. The number of halogens is 2. The molecule has 4 aromatic heterocycles. The molecule has 17 rings (SSSR count). The van der Waals surface area contributed by atoms with E-state index in [-0.39, 0.29) is 47.8 Å². The van der Waals surface area contributed by atoms with Gasteiger partial charge in [-0.15, -0.1) is 0 Å². The fourth-order valence-electron chi connectivity index (χ4n) is 20.1. The number of nitrogens with two attached hydrogens (primary N) is 4. The van der Waals surface area contributed by atoms with Gasteiger partial charge in [-0.05, 0) is 199 Å². The molecule has 8 aliphatic rings. The quantitative estimate of drug-likeness (QED) is 0.0276. The molecule has 36 heteroatoms. The van der Waals surface area contributed by atoms with E-state index in [2.05, 4.69) is 47.6 Å². The molecule has 9 aromatic rings. The maximum absolute atomic E-state index is 12.8. The Balaban J connectivity index is 0.000000144. The lowest BCUT2D eigenvalue weighted by atomic mass is 9.87. The predicted molar refractivity (Wildman–Crippen MR) is 516 cm³/mol. The van der Waals surface area contributed by atoms with Crippen LogP contribution in [0.1, 0.15) is 154 Å². The lowest BCUT2D eigenvalue weighted by Crippen LogP contribution is -2.41. The topological polar surface area (TPSA) is 428 Å². The lowest BCUT2D eigenvalue weighted by Gasteiger charge is -2.38. The van der Waals surface area contributed by atoms with Gasteiger partial charge >= 0.3 is 0 Å². The Hall–Kier alpha value is -13.8. The molecule has 8 aliphatic heterocycles. The zero-order valence-electron chi connectivity index (χ0n) is 77.0. The molecule has 708 valence electrons. The van der Waals surface area contributed by atoms with Gasteiger partial charge in [0.15, 0.2) is 0 Å². The van der Waals surface area contributed by atoms with Crippen molar-refractivity contribution in [3.8, 4) is 90.7 Å². The summed E-state index contributed by atoms with van der Waals surface area (Å²) in [5, 5.41) is 33.9. The summed E-state index contributed by atoms with van der Waals surface area (Å²) in [4.78, 5) is 105. The summed E-state index contributed by atoms with van der Waals surface area (Å²) in [5.41, 5.74) is 32.9. The van der Waals surface area contributed by atoms with Crippen molar-refractivity contribution < 1.29 is 66.8 Å². The molecule has 8 amide bonds. The van der Waals surface area contributed by atoms with Crippen molar-refractivity contribution in [1.29, 1.82) is 0 Å². The van der Waals surface area contributed by atoms with Gasteiger partial charge < -0.3 is 92.2 Å². The fourth-order valence-corrected chi connectivity index (χ4v) is 20.6. The number of hydrogen-bond acceptors (Lipinski definition) is 22. The summed E-state index contributed by atoms with van der Waals surface area (Å²) < 4.78 is 41.0. The van der Waals surface area contributed by atoms with Gasteiger partial charge in [-0.2, -0.15) is 20.4 Å². The van der Waals surface area contributed by atoms with Gasteiger partial charge in [-0.3, -0.25) is 38.4 Å². The van der Waals surface area contributed by atoms with Crippen LogP contribution >= 0.6 is 23.2 Å². The third kappa shape index (κ3) is 19.8. The van der Waals surface area contributed by atoms with Crippen LogP contribution in [0, 0.1) is 37.5 Å². The number of primary amides is 4. The van der Waals surface area contributed by atoms with Crippen LogP contribution in [0.5, 0.6) is 34.5 Å². The number of likely N-dealkylation sites (tertiary alicyclic amines) is 4. The first-order valence-corrected chi connectivity index (χ1v) is 45.9. The van der Waals surface area contributed by atoms with Crippen molar-refractivity contribution in [3.63, 3.8) is 0 Å². The van der Waals surface area contributed by atoms with E-state index in [1.807, 2.05) is 119 Å². The molecule has 0 aliphatic carbocycles. The van der Waals surface area contributed by atoms with E-state index in [0.29, 0.717) is 218 Å². The number of fused-ring (bicyclic) bond motifs is 4. The van der Waals surface area contributed by atoms with Crippen molar-refractivity contribution in [2.75, 3.05) is 142 Å². The maximum Gasteiger partial charge on any atom is 0.254 e. The predicted octanol–water partition coefficient (Wildman–Crippen LogP) is 13.4. The van der Waals surface area contributed by atoms with E-state index in [4.69, 9.17) is 95.0 Å². The standard InChI is InChI=1S/C29H33N5O4.C24H31N5O4.C23H29N5O4.C22H25Cl2N5O2/c1-4-24(35)33-14-11-18(12-15-33)21-10-13-31-29-26(28(30)36)27(32-34(21)29)20-16-22(37-2)25(23(17-20)38-3)19-8-6-5-7-9-19;1-5-20(30)28-10-7-15(8-11-28)17-6-9-26-24-21(23(25)31)22(27-29(17)24)16-12-18(32-3)14(2)19(13-16)33-4;1-4-19(29)27-9-6-14(7-10-27)18-5-8-25-23-20(22(24)30)21(26-28(18)23)15-11-16(31-2)13-17(12-15)32-3;1-3-18(30)28-8-5-13(6-9-28)17-4-7-26-22-19(21(25)31)20(27-29(17)22)14-10-15(23)12(2)16(24)11-14/h4-9,16-18,21,31H,1,10-15H2,2-3H3,(H2,30,36);5,12-13,15,17,26H,1,6-11H2,2-4H3,(H2,25,31);4,11-14,18,25H,1,5-10H2,2-3H3,(H2,24,30);3,10-11,13,17,26H,1,4-9H2,2H3,(H2,25,31). The highest BCUT2D eigenvalue weighted by Gasteiger charge is 2.42. The molecule has 4 fully saturated rings. The number of amides is 8. The highest BCUT2D eigenvalue weighted by molar-refractivity contribution is 6.36. The van der Waals surface area contributed by atoms with Crippen LogP contribution in [0.4, 0.5) is 23.3 Å². The molecular formula is C98H118Cl2N20O14. The minimum Gasteiger partial charge on any atom is -0.497 e. The molecule has 0 spiro atoms. The molecule has 0 radical (unpaired) electrons. The smallest absolute Gasteiger partial charge is 0.254 e. The fraction of sp³-hybridized carbons (Fsp3) is 0.408. The van der Waals surface area contributed by atoms with E-state index >= 15 is 0 Å². The van der Waals surface area contributed by atoms with Gasteiger partial charge in [0.1, 0.15) is 103 Å². The Kier molecular flexibility index (Phi) is 30.5. The number of ether oxygens (including phenoxy) is 6. The largest absolute Gasteiger partial charge is 0.497 e. The van der Waals surface area contributed by atoms with Gasteiger partial charge in [-0.1, -0.05) is 79.8 Å². The monoisotopic (exact) mass is 1870 g/mol. The van der Waals surface area contributed by atoms with Crippen molar-refractivity contribution in [1.82, 2.24) is 58.7 Å². The van der Waals surface area contributed by atoms with E-state index in [1.54, 1.807) is 60.9 Å². The SMILES string of the molecule is C=CC(=O)N1CCC(C2CCNc3c(C(N)=O)c(-c4cc(Cl)c(C)c(Cl)c4)nn32)CC1.C=CC(=O)N1CCC(C2CCNc3c(C(N)=O)c(-c4cc(OC)c(-c5ccccc5)c(OC)c4)nn32)CC1.C=CC(=O)N1CCC(C2CCNc3c(C(N)=O)c(-c4cc(OC)c(C)c(OC)c4)nn32)CC1.C=CC(=O)N1CCC(C2CCNc3c(C(N)=O)c(-c4cc(OC)cc(OC)c4)nn32)CC1. The molecule has 0 saturated carbocycles. The van der Waals surface area contributed by atoms with Crippen molar-refractivity contribution in [2.24, 2.45) is 46.6 Å². The van der Waals surface area contributed by atoms with Crippen molar-refractivity contribution in [3.05, 3.63) is 179 Å². The average Bonchev–Trinajstić information content (AvgIpc) is 1.60. The van der Waals surface area contributed by atoms with Gasteiger partial charge in [0.2, 0.25) is 23.6 Å². The van der Waals surface area contributed by atoms with Crippen LogP contribution in [-0.2, 0) is 19.2 Å². The van der Waals surface area contributed by atoms with Gasteiger partial charge in [-0.25, -0.2) is 18.7 Å². The second-order valence-corrected chi connectivity index (χ2v) is 35.2. The lowest BCUT2D eigenvalue weighted by molar-refractivity contribution is -0.128. The van der Waals surface area contributed by atoms with Crippen LogP contribution < -0.4 is 72.6 Å². The number of piperidine rings is 4. The molecule has 12 heterocycles. The van der Waals surface area contributed by atoms with Crippen molar-refractivity contribution in [2.45, 2.75) is 115 Å². The molecule has 34 nitrogen and oxygen atoms in total. The van der Waals surface area contributed by atoms with Crippen LogP contribution in [0.2, 0.25) is 10.0 Å². The number of aromatic nitrogens is 8. The normalized spacial score (nSPS) is 18.2. The summed E-state index contributed by atoms with van der Waals surface area (Å²) >= 11 is 12.7. The molecule has 0 bridgehead atoms. The molecule has 4 atom stereocenters. The number of carbonyl (C=O) groups is 8. The van der Waals surface area contributed by atoms with Crippen LogP contribution in [0.25, 0.3) is 56.2 Å². The number of benzene rings is 5. The summed E-state index contributed by atoms with van der Waals surface area (Å²) in [6.45, 7) is 26.5. The third-order valence-corrected chi connectivity index (χ3v) is 27.9. The maximum atomic E-state index is 12.8. The first kappa shape index (κ1) is 96.3. The second-order valence-electron chi connectivity index (χ2n) is 34.4. The molecular weight excluding hydrogens is 1750 g/mol. The van der Waals surface area contributed by atoms with Gasteiger partial charge in [0, 0.05) is 122 Å². The number of rotatable bonds is 23. The molecule has 4 unspecified atom stereocenters. The zero-order valence-corrected chi connectivity index (χ0v) is 78.5. The summed E-state index contributed by atoms with van der Waals surface area (Å²) in [5.74, 6) is 5.33. The van der Waals surface area contributed by atoms with E-state index in [9.17, 15) is 38.4 Å². The molecule has 12 N–H and O–H groups in total. The Labute approximate surface area is 788 Å². The molecule has 4 saturated heterocycles. The minimum absolute atomic E-state index is 0.0286. The number of methoxy groups -OCH3 is 6. The first-order valence-electron chi connectivity index (χ1n) is 45.2. The number of nitrogens with zero attached hydrogens (tertiary/aromatic N) is 12. The second kappa shape index (κ2) is 42.4. The minimum atomic E-state index is -0.552. The number of hydrogen-bond donors (Lipinski definition) is 8. The summed E-state index contributed by atoms with van der Waals surface area (Å²) in [7, 11) is 9.57. The number of anilines is 4. The molecule has 5 aromatic carbocycles. The van der Waals surface area contributed by atoms with Gasteiger partial charge in [0.25, 0.3) is 23.6 Å². The Morgan fingerprint density at radius 2 is 0.597 bits per heavy atom. The third-order valence-electron chi connectivity index (χ3n) is 27.1. The van der Waals surface area contributed by atoms with Gasteiger partial charge in [0.05, 0.1) is 72.4 Å². The van der Waals surface area contributed by atoms with Crippen LogP contribution in [0.15, 0.2) is 136 Å². The van der Waals surface area contributed by atoms with Crippen LogP contribution in [0.3, 0.4) is 0 Å². The van der Waals surface area contributed by atoms with E-state index < -0.39 is 23.6 Å². The molecule has 134 heavy (non-hydrogen) atoms. The zero-order chi connectivity index (χ0) is 95.6. The van der Waals surface area contributed by atoms with E-state index in [0.717, 1.165) is 119 Å². The number of carbonyl (C=O) groups excluding carboxylic acids is 8. The summed E-state index contributed by atoms with van der Waals surface area (Å²) in [6.07, 6.45) is 15.9. The first-order chi connectivity index (χ1) is 64.6. The Bertz CT molecular complexity index is 5870. The Morgan fingerprint density at radius 1 is 0.343 bits per heavy atom. The highest BCUT2D eigenvalue weighted by atomic mass is 35.5. The highest BCUT2D eigenvalue weighted by Crippen LogP contribution is 2.50. The van der Waals surface area contributed by atoms with E-state index in [1.165, 1.54) is 24.3 Å².